The predicted molar refractivity (Wildman–Crippen MR) is 88.1 cm³/mol. The molecule has 0 bridgehead atoms. The molecule has 0 aliphatic rings. The summed E-state index contributed by atoms with van der Waals surface area (Å²) in [5.74, 6) is 0.828. The van der Waals surface area contributed by atoms with E-state index in [1.165, 1.54) is 16.2 Å². The van der Waals surface area contributed by atoms with Gasteiger partial charge in [-0.1, -0.05) is 29.5 Å². The molecular weight excluding hydrogens is 304 g/mol. The van der Waals surface area contributed by atoms with Gasteiger partial charge in [-0.05, 0) is 19.1 Å². The lowest BCUT2D eigenvalue weighted by atomic mass is 10.4. The average molecular weight is 322 g/mol. The second-order valence-electron chi connectivity index (χ2n) is 4.56. The molecular formula is C15H18N2O2S2. The lowest BCUT2D eigenvalue weighted by Crippen LogP contribution is -2.28. The van der Waals surface area contributed by atoms with Crippen molar-refractivity contribution >= 4 is 29.0 Å². The molecule has 0 atom stereocenters. The number of rotatable bonds is 7. The molecule has 0 radical (unpaired) electrons. The first-order chi connectivity index (χ1) is 10.2. The predicted octanol–water partition coefficient (Wildman–Crippen LogP) is 2.52. The molecule has 112 valence electrons. The molecule has 21 heavy (non-hydrogen) atoms. The van der Waals surface area contributed by atoms with Gasteiger partial charge < -0.3 is 9.88 Å². The van der Waals surface area contributed by atoms with E-state index < -0.39 is 0 Å². The molecule has 0 unspecified atom stereocenters. The highest BCUT2D eigenvalue weighted by Gasteiger charge is 2.06. The van der Waals surface area contributed by atoms with Crippen LogP contribution in [0.2, 0.25) is 0 Å². The van der Waals surface area contributed by atoms with Crippen LogP contribution in [0.5, 0.6) is 0 Å². The van der Waals surface area contributed by atoms with Gasteiger partial charge in [0, 0.05) is 41.2 Å². The molecule has 0 saturated carbocycles. The van der Waals surface area contributed by atoms with Crippen LogP contribution in [0.3, 0.4) is 0 Å². The van der Waals surface area contributed by atoms with Gasteiger partial charge in [0.2, 0.25) is 5.91 Å². The van der Waals surface area contributed by atoms with E-state index in [0.717, 1.165) is 11.4 Å². The number of benzene rings is 1. The third-order valence-corrected chi connectivity index (χ3v) is 4.87. The largest absolute Gasteiger partial charge is 0.355 e. The zero-order valence-electron chi connectivity index (χ0n) is 11.9. The van der Waals surface area contributed by atoms with Gasteiger partial charge in [0.25, 0.3) is 0 Å². The van der Waals surface area contributed by atoms with Crippen LogP contribution < -0.4 is 10.2 Å². The second kappa shape index (κ2) is 8.05. The van der Waals surface area contributed by atoms with Crippen molar-refractivity contribution in [2.45, 2.75) is 24.8 Å². The third-order valence-electron chi connectivity index (χ3n) is 2.98. The topological polar surface area (TPSA) is 51.1 Å². The minimum Gasteiger partial charge on any atom is -0.355 e. The summed E-state index contributed by atoms with van der Waals surface area (Å²) < 4.78 is 1.64. The SMILES string of the molecule is Cc1csc(=O)n1CCC(=O)NCCSc1ccccc1. The maximum absolute atomic E-state index is 11.7. The number of nitrogens with one attached hydrogen (secondary N) is 1. The minimum absolute atomic E-state index is 0.0000619. The van der Waals surface area contributed by atoms with Crippen molar-refractivity contribution in [3.05, 3.63) is 51.1 Å². The van der Waals surface area contributed by atoms with Crippen LogP contribution >= 0.6 is 23.1 Å². The van der Waals surface area contributed by atoms with Crippen molar-refractivity contribution in [1.29, 1.82) is 0 Å². The first-order valence-electron chi connectivity index (χ1n) is 6.76. The molecule has 1 heterocycles. The van der Waals surface area contributed by atoms with Crippen LogP contribution in [-0.2, 0) is 11.3 Å². The first kappa shape index (κ1) is 15.9. The van der Waals surface area contributed by atoms with E-state index in [1.807, 2.05) is 30.5 Å². The van der Waals surface area contributed by atoms with Crippen molar-refractivity contribution in [3.63, 3.8) is 0 Å². The number of nitrogens with zero attached hydrogens (tertiary/aromatic N) is 1. The van der Waals surface area contributed by atoms with Crippen LogP contribution in [0, 0.1) is 6.92 Å². The number of hydrogen-bond donors (Lipinski definition) is 1. The third kappa shape index (κ3) is 5.06. The number of amides is 1. The maximum atomic E-state index is 11.7. The van der Waals surface area contributed by atoms with E-state index in [9.17, 15) is 9.59 Å². The molecule has 1 N–H and O–H groups in total. The molecule has 0 spiro atoms. The summed E-state index contributed by atoms with van der Waals surface area (Å²) in [5.41, 5.74) is 0.914. The van der Waals surface area contributed by atoms with E-state index in [-0.39, 0.29) is 10.8 Å². The fourth-order valence-corrected chi connectivity index (χ4v) is 3.40. The zero-order chi connectivity index (χ0) is 15.1. The summed E-state index contributed by atoms with van der Waals surface area (Å²) in [6.07, 6.45) is 0.341. The molecule has 6 heteroatoms. The van der Waals surface area contributed by atoms with Gasteiger partial charge in [-0.15, -0.1) is 11.8 Å². The summed E-state index contributed by atoms with van der Waals surface area (Å²) >= 11 is 2.89. The molecule has 0 saturated heterocycles. The fraction of sp³-hybridized carbons (Fsp3) is 0.333. The number of aromatic nitrogens is 1. The van der Waals surface area contributed by atoms with Gasteiger partial charge in [0.1, 0.15) is 0 Å². The standard InChI is InChI=1S/C15H18N2O2S2/c1-12-11-21-15(19)17(12)9-7-14(18)16-8-10-20-13-5-3-2-4-6-13/h2-6,11H,7-10H2,1H3,(H,16,18). The van der Waals surface area contributed by atoms with Crippen molar-refractivity contribution in [2.24, 2.45) is 0 Å². The van der Waals surface area contributed by atoms with Crippen LogP contribution in [-0.4, -0.2) is 22.8 Å². The second-order valence-corrected chi connectivity index (χ2v) is 6.55. The summed E-state index contributed by atoms with van der Waals surface area (Å²) in [5, 5.41) is 4.70. The van der Waals surface area contributed by atoms with Crippen molar-refractivity contribution in [1.82, 2.24) is 9.88 Å². The van der Waals surface area contributed by atoms with Crippen LogP contribution in [0.4, 0.5) is 0 Å². The monoisotopic (exact) mass is 322 g/mol. The highest BCUT2D eigenvalue weighted by atomic mass is 32.2. The molecule has 4 nitrogen and oxygen atoms in total. The van der Waals surface area contributed by atoms with Crippen molar-refractivity contribution in [3.8, 4) is 0 Å². The average Bonchev–Trinajstić information content (AvgIpc) is 2.81. The number of carbonyl (C=O) groups is 1. The smallest absolute Gasteiger partial charge is 0.307 e. The molecule has 1 aromatic carbocycles. The molecule has 1 amide bonds. The minimum atomic E-state index is -0.0128. The van der Waals surface area contributed by atoms with Crippen LogP contribution in [0.15, 0.2) is 45.4 Å². The Morgan fingerprint density at radius 1 is 1.33 bits per heavy atom. The van der Waals surface area contributed by atoms with Crippen molar-refractivity contribution < 1.29 is 4.79 Å². The number of carbonyl (C=O) groups excluding carboxylic acids is 1. The van der Waals surface area contributed by atoms with Gasteiger partial charge >= 0.3 is 4.87 Å². The zero-order valence-corrected chi connectivity index (χ0v) is 13.5. The molecule has 0 aliphatic carbocycles. The van der Waals surface area contributed by atoms with Gasteiger partial charge in [0.15, 0.2) is 0 Å². The highest BCUT2D eigenvalue weighted by molar-refractivity contribution is 7.99. The Hall–Kier alpha value is -1.53. The van der Waals surface area contributed by atoms with Gasteiger partial charge in [-0.2, -0.15) is 0 Å². The van der Waals surface area contributed by atoms with Crippen molar-refractivity contribution in [2.75, 3.05) is 12.3 Å². The summed E-state index contributed by atoms with van der Waals surface area (Å²) in [6.45, 7) is 2.97. The number of thiazole rings is 1. The summed E-state index contributed by atoms with van der Waals surface area (Å²) in [6, 6.07) is 10.1. The van der Waals surface area contributed by atoms with Gasteiger partial charge in [0.05, 0.1) is 0 Å². The Kier molecular flexibility index (Phi) is 6.07. The van der Waals surface area contributed by atoms with Gasteiger partial charge in [-0.3, -0.25) is 9.59 Å². The van der Waals surface area contributed by atoms with Crippen LogP contribution in [0.1, 0.15) is 12.1 Å². The highest BCUT2D eigenvalue weighted by Crippen LogP contribution is 2.15. The Morgan fingerprint density at radius 3 is 2.76 bits per heavy atom. The summed E-state index contributed by atoms with van der Waals surface area (Å²) in [4.78, 5) is 24.5. The fourth-order valence-electron chi connectivity index (χ4n) is 1.85. The lowest BCUT2D eigenvalue weighted by molar-refractivity contribution is -0.121. The number of thioether (sulfide) groups is 1. The molecule has 0 aliphatic heterocycles. The van der Waals surface area contributed by atoms with E-state index in [0.29, 0.717) is 19.5 Å². The Labute approximate surface area is 132 Å². The van der Waals surface area contributed by atoms with E-state index in [1.54, 1.807) is 16.3 Å². The summed E-state index contributed by atoms with van der Waals surface area (Å²) in [7, 11) is 0. The quantitative estimate of drug-likeness (QED) is 0.629. The van der Waals surface area contributed by atoms with E-state index in [4.69, 9.17) is 0 Å². The molecule has 2 rings (SSSR count). The Balaban J connectivity index is 1.65. The van der Waals surface area contributed by atoms with Crippen LogP contribution in [0.25, 0.3) is 0 Å². The molecule has 2 aromatic rings. The number of hydrogen-bond acceptors (Lipinski definition) is 4. The number of aryl methyl sites for hydroxylation is 1. The Morgan fingerprint density at radius 2 is 2.10 bits per heavy atom. The lowest BCUT2D eigenvalue weighted by Gasteiger charge is -2.06. The maximum Gasteiger partial charge on any atom is 0.307 e. The van der Waals surface area contributed by atoms with E-state index >= 15 is 0 Å². The molecule has 0 fully saturated rings. The van der Waals surface area contributed by atoms with E-state index in [2.05, 4.69) is 17.4 Å². The molecule has 1 aromatic heterocycles. The first-order valence-corrected chi connectivity index (χ1v) is 8.63. The normalized spacial score (nSPS) is 10.5. The van der Waals surface area contributed by atoms with Gasteiger partial charge in [-0.25, -0.2) is 0 Å². The Bertz CT molecular complexity index is 635.